The Bertz CT molecular complexity index is 663. The molecule has 1 aromatic carbocycles. The van der Waals surface area contributed by atoms with Gasteiger partial charge in [-0.15, -0.1) is 10.2 Å². The summed E-state index contributed by atoms with van der Waals surface area (Å²) in [6.45, 7) is 2.12. The second kappa shape index (κ2) is 8.78. The Kier molecular flexibility index (Phi) is 6.71. The Morgan fingerprint density at radius 1 is 1.27 bits per heavy atom. The van der Waals surface area contributed by atoms with Crippen molar-refractivity contribution in [1.29, 1.82) is 5.26 Å². The van der Waals surface area contributed by atoms with Crippen molar-refractivity contribution >= 4 is 46.5 Å². The number of nitriles is 1. The number of carbonyl (C=O) groups excluding carboxylic acids is 1. The van der Waals surface area contributed by atoms with Crippen molar-refractivity contribution in [2.24, 2.45) is 0 Å². The molecule has 22 heavy (non-hydrogen) atoms. The standard InChI is InChI=1S/C14H14N4OS3/c1-2-7-20-13-17-18-14(22-13)21-9-12(19)16-11-5-3-10(8-15)4-6-11/h3-6H,2,7,9H2,1H3,(H,16,19). The highest BCUT2D eigenvalue weighted by Gasteiger charge is 2.08. The number of hydrogen-bond acceptors (Lipinski definition) is 7. The zero-order valence-corrected chi connectivity index (χ0v) is 14.4. The van der Waals surface area contributed by atoms with Gasteiger partial charge in [-0.25, -0.2) is 0 Å². The van der Waals surface area contributed by atoms with Gasteiger partial charge in [-0.3, -0.25) is 4.79 Å². The van der Waals surface area contributed by atoms with Gasteiger partial charge in [-0.1, -0.05) is 41.8 Å². The fourth-order valence-electron chi connectivity index (χ4n) is 1.46. The lowest BCUT2D eigenvalue weighted by Crippen LogP contribution is -2.13. The summed E-state index contributed by atoms with van der Waals surface area (Å²) in [5, 5.41) is 19.7. The smallest absolute Gasteiger partial charge is 0.234 e. The molecule has 0 radical (unpaired) electrons. The number of aromatic nitrogens is 2. The lowest BCUT2D eigenvalue weighted by molar-refractivity contribution is -0.113. The van der Waals surface area contributed by atoms with Crippen molar-refractivity contribution in [3.05, 3.63) is 29.8 Å². The normalized spacial score (nSPS) is 10.2. The lowest BCUT2D eigenvalue weighted by Gasteiger charge is -2.03. The second-order valence-corrected chi connectivity index (χ2v) is 7.75. The van der Waals surface area contributed by atoms with E-state index in [0.29, 0.717) is 11.3 Å². The first-order valence-corrected chi connectivity index (χ1v) is 9.39. The molecule has 2 rings (SSSR count). The van der Waals surface area contributed by atoms with E-state index in [1.165, 1.54) is 23.1 Å². The number of thioether (sulfide) groups is 2. The zero-order chi connectivity index (χ0) is 15.8. The minimum absolute atomic E-state index is 0.104. The Morgan fingerprint density at radius 2 is 1.95 bits per heavy atom. The van der Waals surface area contributed by atoms with Gasteiger partial charge in [0.2, 0.25) is 5.91 Å². The molecular weight excluding hydrogens is 336 g/mol. The Hall–Kier alpha value is -1.56. The molecule has 0 aliphatic carbocycles. The van der Waals surface area contributed by atoms with E-state index < -0.39 is 0 Å². The monoisotopic (exact) mass is 350 g/mol. The lowest BCUT2D eigenvalue weighted by atomic mass is 10.2. The van der Waals surface area contributed by atoms with Crippen LogP contribution in [0, 0.1) is 11.3 Å². The second-order valence-electron chi connectivity index (χ2n) is 4.21. The molecule has 0 saturated carbocycles. The Morgan fingerprint density at radius 3 is 2.59 bits per heavy atom. The fraction of sp³-hybridized carbons (Fsp3) is 0.286. The van der Waals surface area contributed by atoms with Crippen LogP contribution in [-0.2, 0) is 4.79 Å². The van der Waals surface area contributed by atoms with E-state index in [2.05, 4.69) is 22.4 Å². The molecule has 0 saturated heterocycles. The number of anilines is 1. The van der Waals surface area contributed by atoms with Crippen LogP contribution < -0.4 is 5.32 Å². The molecule has 0 fully saturated rings. The van der Waals surface area contributed by atoms with Gasteiger partial charge in [0.25, 0.3) is 0 Å². The highest BCUT2D eigenvalue weighted by atomic mass is 32.2. The van der Waals surface area contributed by atoms with E-state index in [-0.39, 0.29) is 11.7 Å². The van der Waals surface area contributed by atoms with Crippen LogP contribution in [0.3, 0.4) is 0 Å². The van der Waals surface area contributed by atoms with Crippen LogP contribution in [0.1, 0.15) is 18.9 Å². The van der Waals surface area contributed by atoms with Crippen molar-refractivity contribution in [1.82, 2.24) is 10.2 Å². The third-order valence-corrected chi connectivity index (χ3v) is 5.84. The van der Waals surface area contributed by atoms with Crippen LogP contribution in [0.5, 0.6) is 0 Å². The maximum Gasteiger partial charge on any atom is 0.234 e. The topological polar surface area (TPSA) is 78.7 Å². The molecule has 5 nitrogen and oxygen atoms in total. The van der Waals surface area contributed by atoms with E-state index in [9.17, 15) is 4.79 Å². The van der Waals surface area contributed by atoms with Crippen LogP contribution >= 0.6 is 34.9 Å². The molecule has 1 aromatic heterocycles. The molecular formula is C14H14N4OS3. The molecule has 1 amide bonds. The number of benzene rings is 1. The zero-order valence-electron chi connectivity index (χ0n) is 11.9. The highest BCUT2D eigenvalue weighted by Crippen LogP contribution is 2.29. The molecule has 8 heteroatoms. The molecule has 0 spiro atoms. The summed E-state index contributed by atoms with van der Waals surface area (Å²) in [6.07, 6.45) is 1.10. The molecule has 0 unspecified atom stereocenters. The van der Waals surface area contributed by atoms with E-state index in [1.54, 1.807) is 36.0 Å². The molecule has 1 heterocycles. The summed E-state index contributed by atoms with van der Waals surface area (Å²) < 4.78 is 1.74. The molecule has 0 aliphatic heterocycles. The SMILES string of the molecule is CCCSc1nnc(SCC(=O)Nc2ccc(C#N)cc2)s1. The van der Waals surface area contributed by atoms with Gasteiger partial charge < -0.3 is 5.32 Å². The van der Waals surface area contributed by atoms with Crippen molar-refractivity contribution in [3.8, 4) is 6.07 Å². The summed E-state index contributed by atoms with van der Waals surface area (Å²) in [5.41, 5.74) is 1.25. The Balaban J connectivity index is 1.79. The largest absolute Gasteiger partial charge is 0.325 e. The van der Waals surface area contributed by atoms with Gasteiger partial charge >= 0.3 is 0 Å². The minimum Gasteiger partial charge on any atom is -0.325 e. The summed E-state index contributed by atoms with van der Waals surface area (Å²) in [6, 6.07) is 8.81. The molecule has 114 valence electrons. The van der Waals surface area contributed by atoms with Gasteiger partial charge in [-0.2, -0.15) is 5.26 Å². The predicted molar refractivity (Wildman–Crippen MR) is 91.4 cm³/mol. The first-order valence-electron chi connectivity index (χ1n) is 6.60. The van der Waals surface area contributed by atoms with Crippen LogP contribution in [0.2, 0.25) is 0 Å². The summed E-state index contributed by atoms with van der Waals surface area (Å²) >= 11 is 4.58. The number of hydrogen-bond donors (Lipinski definition) is 1. The van der Waals surface area contributed by atoms with Crippen molar-refractivity contribution in [3.63, 3.8) is 0 Å². The fourth-order valence-corrected chi connectivity index (χ4v) is 4.20. The summed E-state index contributed by atoms with van der Waals surface area (Å²) in [7, 11) is 0. The average Bonchev–Trinajstić information content (AvgIpc) is 2.99. The van der Waals surface area contributed by atoms with E-state index in [0.717, 1.165) is 20.9 Å². The van der Waals surface area contributed by atoms with Gasteiger partial charge in [0.15, 0.2) is 8.68 Å². The van der Waals surface area contributed by atoms with E-state index >= 15 is 0 Å². The van der Waals surface area contributed by atoms with Gasteiger partial charge in [0, 0.05) is 11.4 Å². The molecule has 0 bridgehead atoms. The molecule has 2 aromatic rings. The average molecular weight is 350 g/mol. The summed E-state index contributed by atoms with van der Waals surface area (Å²) in [5.74, 6) is 1.21. The van der Waals surface area contributed by atoms with Gasteiger partial charge in [0.05, 0.1) is 17.4 Å². The maximum absolute atomic E-state index is 11.9. The van der Waals surface area contributed by atoms with Crippen molar-refractivity contribution < 1.29 is 4.79 Å². The van der Waals surface area contributed by atoms with Crippen molar-refractivity contribution in [2.75, 3.05) is 16.8 Å². The maximum atomic E-state index is 11.9. The summed E-state index contributed by atoms with van der Waals surface area (Å²) in [4.78, 5) is 11.9. The third-order valence-electron chi connectivity index (χ3n) is 2.44. The van der Waals surface area contributed by atoms with E-state index in [1.807, 2.05) is 6.07 Å². The number of amides is 1. The van der Waals surface area contributed by atoms with Crippen LogP contribution in [0.15, 0.2) is 32.9 Å². The molecule has 0 atom stereocenters. The highest BCUT2D eigenvalue weighted by molar-refractivity contribution is 8.03. The first-order chi connectivity index (χ1) is 10.7. The minimum atomic E-state index is -0.104. The van der Waals surface area contributed by atoms with Crippen molar-refractivity contribution in [2.45, 2.75) is 22.0 Å². The Labute approximate surface area is 141 Å². The number of nitrogens with zero attached hydrogens (tertiary/aromatic N) is 3. The quantitative estimate of drug-likeness (QED) is 0.768. The van der Waals surface area contributed by atoms with Gasteiger partial charge in [0.1, 0.15) is 0 Å². The number of rotatable bonds is 7. The first kappa shape index (κ1) is 16.8. The van der Waals surface area contributed by atoms with Crippen LogP contribution in [0.25, 0.3) is 0 Å². The van der Waals surface area contributed by atoms with Crippen LogP contribution in [-0.4, -0.2) is 27.6 Å². The van der Waals surface area contributed by atoms with Crippen LogP contribution in [0.4, 0.5) is 5.69 Å². The van der Waals surface area contributed by atoms with E-state index in [4.69, 9.17) is 5.26 Å². The predicted octanol–water partition coefficient (Wildman–Crippen LogP) is 3.64. The third kappa shape index (κ3) is 5.33. The molecule has 1 N–H and O–H groups in total. The van der Waals surface area contributed by atoms with Gasteiger partial charge in [-0.05, 0) is 30.7 Å². The number of carbonyl (C=O) groups is 1. The molecule has 0 aliphatic rings. The number of nitrogens with one attached hydrogen (secondary N) is 1.